The minimum absolute atomic E-state index is 0.0169. The van der Waals surface area contributed by atoms with Crippen LogP contribution in [0.5, 0.6) is 0 Å². The third kappa shape index (κ3) is 2.32. The van der Waals surface area contributed by atoms with E-state index in [1.54, 1.807) is 10.8 Å². The lowest BCUT2D eigenvalue weighted by atomic mass is 10.2. The third-order valence-electron chi connectivity index (χ3n) is 2.32. The first kappa shape index (κ1) is 10.1. The number of alkyl halides is 3. The molecule has 0 bridgehead atoms. The summed E-state index contributed by atoms with van der Waals surface area (Å²) in [4.78, 5) is 0. The van der Waals surface area contributed by atoms with Gasteiger partial charge in [0.05, 0.1) is 6.42 Å². The SMILES string of the molecule is FC(F)(F)CCn1ccc2ccccc21. The molecule has 4 heteroatoms. The van der Waals surface area contributed by atoms with Gasteiger partial charge in [0.1, 0.15) is 0 Å². The molecular weight excluding hydrogens is 203 g/mol. The first-order chi connectivity index (χ1) is 7.06. The summed E-state index contributed by atoms with van der Waals surface area (Å²) in [5, 5.41) is 0.972. The summed E-state index contributed by atoms with van der Waals surface area (Å²) in [5.74, 6) is 0. The fourth-order valence-corrected chi connectivity index (χ4v) is 1.58. The number of nitrogens with zero attached hydrogens (tertiary/aromatic N) is 1. The number of hydrogen-bond acceptors (Lipinski definition) is 0. The highest BCUT2D eigenvalue weighted by molar-refractivity contribution is 5.79. The average Bonchev–Trinajstić information content (AvgIpc) is 2.57. The molecule has 80 valence electrons. The van der Waals surface area contributed by atoms with Gasteiger partial charge in [-0.1, -0.05) is 18.2 Å². The zero-order chi connectivity index (χ0) is 10.9. The molecule has 0 spiro atoms. The molecule has 0 aliphatic carbocycles. The Morgan fingerprint density at radius 1 is 1.07 bits per heavy atom. The number of halogens is 3. The molecule has 0 unspecified atom stereocenters. The third-order valence-corrected chi connectivity index (χ3v) is 2.32. The molecule has 0 N–H and O–H groups in total. The van der Waals surface area contributed by atoms with E-state index in [1.165, 1.54) is 0 Å². The fourth-order valence-electron chi connectivity index (χ4n) is 1.58. The van der Waals surface area contributed by atoms with E-state index in [1.807, 2.05) is 30.3 Å². The van der Waals surface area contributed by atoms with Crippen LogP contribution in [-0.2, 0) is 6.54 Å². The van der Waals surface area contributed by atoms with Crippen molar-refractivity contribution in [3.63, 3.8) is 0 Å². The van der Waals surface area contributed by atoms with Crippen LogP contribution in [0.25, 0.3) is 10.9 Å². The molecule has 1 heterocycles. The monoisotopic (exact) mass is 213 g/mol. The Hall–Kier alpha value is -1.45. The summed E-state index contributed by atoms with van der Waals surface area (Å²) < 4.78 is 37.7. The van der Waals surface area contributed by atoms with Gasteiger partial charge in [0.2, 0.25) is 0 Å². The number of para-hydroxylation sites is 1. The van der Waals surface area contributed by atoms with Gasteiger partial charge >= 0.3 is 6.18 Å². The summed E-state index contributed by atoms with van der Waals surface area (Å²) >= 11 is 0. The van der Waals surface area contributed by atoms with Crippen molar-refractivity contribution in [3.05, 3.63) is 36.5 Å². The van der Waals surface area contributed by atoms with Crippen molar-refractivity contribution in [1.82, 2.24) is 4.57 Å². The molecule has 2 rings (SSSR count). The van der Waals surface area contributed by atoms with E-state index in [0.29, 0.717) is 0 Å². The van der Waals surface area contributed by atoms with Crippen LogP contribution in [0.1, 0.15) is 6.42 Å². The molecule has 0 aliphatic rings. The maximum atomic E-state index is 12.0. The molecule has 15 heavy (non-hydrogen) atoms. The Kier molecular flexibility index (Phi) is 2.42. The lowest BCUT2D eigenvalue weighted by molar-refractivity contribution is -0.136. The van der Waals surface area contributed by atoms with Crippen LogP contribution in [0, 0.1) is 0 Å². The van der Waals surface area contributed by atoms with E-state index >= 15 is 0 Å². The number of fused-ring (bicyclic) bond motifs is 1. The summed E-state index contributed by atoms with van der Waals surface area (Å²) in [5.41, 5.74) is 0.849. The van der Waals surface area contributed by atoms with Crippen molar-refractivity contribution < 1.29 is 13.2 Å². The molecule has 1 aromatic carbocycles. The predicted octanol–water partition coefficient (Wildman–Crippen LogP) is 3.59. The number of benzene rings is 1. The fraction of sp³-hybridized carbons (Fsp3) is 0.273. The Morgan fingerprint density at radius 2 is 1.80 bits per heavy atom. The van der Waals surface area contributed by atoms with E-state index in [2.05, 4.69) is 0 Å². The van der Waals surface area contributed by atoms with Gasteiger partial charge in [-0.25, -0.2) is 0 Å². The average molecular weight is 213 g/mol. The summed E-state index contributed by atoms with van der Waals surface area (Å²) in [6.45, 7) is -0.0169. The van der Waals surface area contributed by atoms with E-state index in [0.717, 1.165) is 10.9 Å². The van der Waals surface area contributed by atoms with Gasteiger partial charge < -0.3 is 4.57 Å². The quantitative estimate of drug-likeness (QED) is 0.718. The summed E-state index contributed by atoms with van der Waals surface area (Å²) in [7, 11) is 0. The minimum atomic E-state index is -4.09. The maximum absolute atomic E-state index is 12.0. The number of rotatable bonds is 2. The second kappa shape index (κ2) is 3.61. The van der Waals surface area contributed by atoms with E-state index in [4.69, 9.17) is 0 Å². The zero-order valence-electron chi connectivity index (χ0n) is 7.96. The van der Waals surface area contributed by atoms with Crippen molar-refractivity contribution in [2.24, 2.45) is 0 Å². The topological polar surface area (TPSA) is 4.93 Å². The van der Waals surface area contributed by atoms with Crippen molar-refractivity contribution in [3.8, 4) is 0 Å². The smallest absolute Gasteiger partial charge is 0.347 e. The Bertz CT molecular complexity index is 456. The first-order valence-electron chi connectivity index (χ1n) is 4.67. The molecule has 0 radical (unpaired) electrons. The summed E-state index contributed by atoms with van der Waals surface area (Å²) in [6.07, 6.45) is -3.19. The van der Waals surface area contributed by atoms with Crippen LogP contribution in [0.3, 0.4) is 0 Å². The van der Waals surface area contributed by atoms with E-state index < -0.39 is 12.6 Å². The van der Waals surface area contributed by atoms with Gasteiger partial charge in [0.15, 0.2) is 0 Å². The second-order valence-electron chi connectivity index (χ2n) is 3.43. The molecule has 0 fully saturated rings. The van der Waals surface area contributed by atoms with Crippen LogP contribution < -0.4 is 0 Å². The lowest BCUT2D eigenvalue weighted by Crippen LogP contribution is -2.11. The number of aryl methyl sites for hydroxylation is 1. The van der Waals surface area contributed by atoms with Gasteiger partial charge in [-0.2, -0.15) is 13.2 Å². The van der Waals surface area contributed by atoms with Crippen molar-refractivity contribution >= 4 is 10.9 Å². The van der Waals surface area contributed by atoms with Gasteiger partial charge in [-0.3, -0.25) is 0 Å². The molecular formula is C11H10F3N. The highest BCUT2D eigenvalue weighted by Crippen LogP contribution is 2.22. The van der Waals surface area contributed by atoms with Crippen LogP contribution >= 0.6 is 0 Å². The van der Waals surface area contributed by atoms with Gasteiger partial charge in [0, 0.05) is 18.3 Å². The number of hydrogen-bond donors (Lipinski definition) is 0. The Balaban J connectivity index is 2.22. The van der Waals surface area contributed by atoms with E-state index in [9.17, 15) is 13.2 Å². The lowest BCUT2D eigenvalue weighted by Gasteiger charge is -2.08. The van der Waals surface area contributed by atoms with Gasteiger partial charge in [-0.05, 0) is 17.5 Å². The largest absolute Gasteiger partial charge is 0.390 e. The van der Waals surface area contributed by atoms with Crippen LogP contribution in [0.15, 0.2) is 36.5 Å². The van der Waals surface area contributed by atoms with Crippen LogP contribution in [0.4, 0.5) is 13.2 Å². The molecule has 1 nitrogen and oxygen atoms in total. The molecule has 0 amide bonds. The van der Waals surface area contributed by atoms with Crippen LogP contribution in [0.2, 0.25) is 0 Å². The predicted molar refractivity (Wildman–Crippen MR) is 52.6 cm³/mol. The highest BCUT2D eigenvalue weighted by Gasteiger charge is 2.26. The first-order valence-corrected chi connectivity index (χ1v) is 4.67. The molecule has 0 saturated heterocycles. The minimum Gasteiger partial charge on any atom is -0.347 e. The Morgan fingerprint density at radius 3 is 2.53 bits per heavy atom. The van der Waals surface area contributed by atoms with Crippen molar-refractivity contribution in [2.75, 3.05) is 0 Å². The van der Waals surface area contributed by atoms with Crippen LogP contribution in [-0.4, -0.2) is 10.7 Å². The molecule has 0 atom stereocenters. The maximum Gasteiger partial charge on any atom is 0.390 e. The second-order valence-corrected chi connectivity index (χ2v) is 3.43. The van der Waals surface area contributed by atoms with Gasteiger partial charge in [-0.15, -0.1) is 0 Å². The number of aromatic nitrogens is 1. The molecule has 2 aromatic rings. The highest BCUT2D eigenvalue weighted by atomic mass is 19.4. The summed E-state index contributed by atoms with van der Waals surface area (Å²) in [6, 6.07) is 9.24. The Labute approximate surface area is 85.1 Å². The molecule has 0 saturated carbocycles. The van der Waals surface area contributed by atoms with E-state index in [-0.39, 0.29) is 6.54 Å². The van der Waals surface area contributed by atoms with Gasteiger partial charge in [0.25, 0.3) is 0 Å². The normalized spacial score (nSPS) is 12.2. The van der Waals surface area contributed by atoms with Crippen molar-refractivity contribution in [1.29, 1.82) is 0 Å². The molecule has 0 aliphatic heterocycles. The standard InChI is InChI=1S/C11H10F3N/c12-11(13,14)6-8-15-7-5-9-3-1-2-4-10(9)15/h1-5,7H,6,8H2. The van der Waals surface area contributed by atoms with Crippen molar-refractivity contribution in [2.45, 2.75) is 19.1 Å². The molecule has 1 aromatic heterocycles. The zero-order valence-corrected chi connectivity index (χ0v) is 7.96.